The fourth-order valence-corrected chi connectivity index (χ4v) is 2.38. The lowest BCUT2D eigenvalue weighted by Gasteiger charge is -2.01. The summed E-state index contributed by atoms with van der Waals surface area (Å²) in [7, 11) is 0. The maximum Gasteiger partial charge on any atom is 0.127 e. The molecule has 0 radical (unpaired) electrons. The molecule has 17 heavy (non-hydrogen) atoms. The van der Waals surface area contributed by atoms with Crippen LogP contribution in [0, 0.1) is 11.6 Å². The molecule has 0 amide bonds. The quantitative estimate of drug-likeness (QED) is 0.914. The normalized spacial score (nSPS) is 12.7. The van der Waals surface area contributed by atoms with Crippen LogP contribution >= 0.6 is 11.3 Å². The maximum absolute atomic E-state index is 13.4. The van der Waals surface area contributed by atoms with E-state index in [-0.39, 0.29) is 6.04 Å². The van der Waals surface area contributed by atoms with Gasteiger partial charge >= 0.3 is 0 Å². The predicted molar refractivity (Wildman–Crippen MR) is 63.9 cm³/mol. The van der Waals surface area contributed by atoms with Gasteiger partial charge in [0.2, 0.25) is 0 Å². The van der Waals surface area contributed by atoms with E-state index in [4.69, 9.17) is 5.73 Å². The average Bonchev–Trinajstić information content (AvgIpc) is 2.72. The topological polar surface area (TPSA) is 38.9 Å². The lowest BCUT2D eigenvalue weighted by Crippen LogP contribution is -2.05. The molecule has 0 bridgehead atoms. The van der Waals surface area contributed by atoms with Crippen LogP contribution in [0.4, 0.5) is 8.78 Å². The molecule has 5 heteroatoms. The molecule has 0 spiro atoms. The smallest absolute Gasteiger partial charge is 0.127 e. The van der Waals surface area contributed by atoms with Crippen molar-refractivity contribution in [3.05, 3.63) is 51.5 Å². The monoisotopic (exact) mass is 254 g/mol. The van der Waals surface area contributed by atoms with Gasteiger partial charge in [0.25, 0.3) is 0 Å². The second-order valence-corrected chi connectivity index (χ2v) is 4.81. The van der Waals surface area contributed by atoms with E-state index in [0.717, 1.165) is 22.8 Å². The molecule has 90 valence electrons. The van der Waals surface area contributed by atoms with E-state index >= 15 is 0 Å². The molecule has 0 saturated carbocycles. The summed E-state index contributed by atoms with van der Waals surface area (Å²) in [6, 6.07) is 3.29. The summed E-state index contributed by atoms with van der Waals surface area (Å²) in [5.74, 6) is -0.852. The van der Waals surface area contributed by atoms with E-state index in [1.807, 2.05) is 12.3 Å². The van der Waals surface area contributed by atoms with E-state index in [0.29, 0.717) is 12.0 Å². The van der Waals surface area contributed by atoms with E-state index < -0.39 is 11.6 Å². The third-order valence-corrected chi connectivity index (χ3v) is 3.25. The molecule has 2 nitrogen and oxygen atoms in total. The van der Waals surface area contributed by atoms with Crippen molar-refractivity contribution in [3.63, 3.8) is 0 Å². The van der Waals surface area contributed by atoms with Crippen molar-refractivity contribution in [2.75, 3.05) is 0 Å². The molecule has 1 atom stereocenters. The van der Waals surface area contributed by atoms with Crippen LogP contribution in [0.5, 0.6) is 0 Å². The molecule has 0 saturated heterocycles. The Bertz CT molecular complexity index is 523. The first-order chi connectivity index (χ1) is 8.06. The van der Waals surface area contributed by atoms with Crippen LogP contribution in [0.25, 0.3) is 0 Å². The zero-order valence-electron chi connectivity index (χ0n) is 9.28. The summed E-state index contributed by atoms with van der Waals surface area (Å²) < 4.78 is 26.4. The Labute approximate surface area is 102 Å². The number of thiazole rings is 1. The highest BCUT2D eigenvalue weighted by atomic mass is 32.1. The number of halogens is 2. The minimum Gasteiger partial charge on any atom is -0.323 e. The number of nitrogens with zero attached hydrogens (tertiary/aromatic N) is 1. The minimum atomic E-state index is -0.439. The molecule has 0 fully saturated rings. The van der Waals surface area contributed by atoms with E-state index in [2.05, 4.69) is 4.98 Å². The molecule has 0 aliphatic heterocycles. The number of nitrogens with two attached hydrogens (primary N) is 1. The molecule has 2 N–H and O–H groups in total. The van der Waals surface area contributed by atoms with Gasteiger partial charge in [-0.3, -0.25) is 0 Å². The number of aromatic nitrogens is 1. The van der Waals surface area contributed by atoms with Gasteiger partial charge in [-0.05, 0) is 30.7 Å². The van der Waals surface area contributed by atoms with Crippen molar-refractivity contribution in [3.8, 4) is 0 Å². The standard InChI is InChI=1S/C12H12F2N2S/c1-7(15)11-6-17-12(16-11)5-8-4-9(13)2-3-10(8)14/h2-4,6-7H,5,15H2,1H3. The Morgan fingerprint density at radius 1 is 1.41 bits per heavy atom. The zero-order valence-corrected chi connectivity index (χ0v) is 10.1. The van der Waals surface area contributed by atoms with Crippen molar-refractivity contribution in [1.29, 1.82) is 0 Å². The lowest BCUT2D eigenvalue weighted by atomic mass is 10.1. The molecular formula is C12H12F2N2S. The molecule has 1 aromatic carbocycles. The first kappa shape index (κ1) is 12.1. The number of hydrogen-bond acceptors (Lipinski definition) is 3. The lowest BCUT2D eigenvalue weighted by molar-refractivity contribution is 0.588. The van der Waals surface area contributed by atoms with Gasteiger partial charge in [-0.15, -0.1) is 11.3 Å². The van der Waals surface area contributed by atoms with Crippen LogP contribution in [0.2, 0.25) is 0 Å². The summed E-state index contributed by atoms with van der Waals surface area (Å²) in [6.45, 7) is 1.83. The summed E-state index contributed by atoms with van der Waals surface area (Å²) in [5, 5.41) is 2.58. The third-order valence-electron chi connectivity index (χ3n) is 2.39. The Kier molecular flexibility index (Phi) is 3.49. The van der Waals surface area contributed by atoms with Gasteiger partial charge in [0.15, 0.2) is 0 Å². The SMILES string of the molecule is CC(N)c1csc(Cc2cc(F)ccc2F)n1. The minimum absolute atomic E-state index is 0.141. The summed E-state index contributed by atoms with van der Waals surface area (Å²) in [6.07, 6.45) is 0.293. The Hall–Kier alpha value is -1.33. The van der Waals surface area contributed by atoms with Crippen molar-refractivity contribution in [2.24, 2.45) is 5.73 Å². The third kappa shape index (κ3) is 2.87. The van der Waals surface area contributed by atoms with E-state index in [1.165, 1.54) is 17.4 Å². The molecule has 1 heterocycles. The molecule has 0 aliphatic carbocycles. The molecular weight excluding hydrogens is 242 g/mol. The average molecular weight is 254 g/mol. The highest BCUT2D eigenvalue weighted by molar-refractivity contribution is 7.09. The van der Waals surface area contributed by atoms with Crippen LogP contribution < -0.4 is 5.73 Å². The maximum atomic E-state index is 13.4. The second kappa shape index (κ2) is 4.89. The van der Waals surface area contributed by atoms with Gasteiger partial charge in [0, 0.05) is 17.8 Å². The molecule has 2 aromatic rings. The first-order valence-corrected chi connectivity index (χ1v) is 6.08. The highest BCUT2D eigenvalue weighted by Gasteiger charge is 2.09. The Morgan fingerprint density at radius 3 is 2.82 bits per heavy atom. The Balaban J connectivity index is 2.22. The van der Waals surface area contributed by atoms with Gasteiger partial charge in [0.05, 0.1) is 10.7 Å². The largest absolute Gasteiger partial charge is 0.323 e. The fourth-order valence-electron chi connectivity index (χ4n) is 1.46. The first-order valence-electron chi connectivity index (χ1n) is 5.20. The van der Waals surface area contributed by atoms with Crippen molar-refractivity contribution in [1.82, 2.24) is 4.98 Å². The van der Waals surface area contributed by atoms with Crippen LogP contribution in [-0.2, 0) is 6.42 Å². The fraction of sp³-hybridized carbons (Fsp3) is 0.250. The number of benzene rings is 1. The summed E-state index contributed by atoms with van der Waals surface area (Å²) in [5.41, 5.74) is 6.78. The second-order valence-electron chi connectivity index (χ2n) is 3.87. The van der Waals surface area contributed by atoms with Gasteiger partial charge < -0.3 is 5.73 Å². The molecule has 1 aromatic heterocycles. The Morgan fingerprint density at radius 2 is 2.18 bits per heavy atom. The van der Waals surface area contributed by atoms with Gasteiger partial charge in [-0.1, -0.05) is 0 Å². The zero-order chi connectivity index (χ0) is 12.4. The molecule has 0 aliphatic rings. The number of rotatable bonds is 3. The van der Waals surface area contributed by atoms with Crippen molar-refractivity contribution >= 4 is 11.3 Å². The van der Waals surface area contributed by atoms with Crippen molar-refractivity contribution in [2.45, 2.75) is 19.4 Å². The van der Waals surface area contributed by atoms with Crippen LogP contribution in [-0.4, -0.2) is 4.98 Å². The van der Waals surface area contributed by atoms with Gasteiger partial charge in [-0.2, -0.15) is 0 Å². The van der Waals surface area contributed by atoms with Crippen LogP contribution in [0.15, 0.2) is 23.6 Å². The van der Waals surface area contributed by atoms with E-state index in [9.17, 15) is 8.78 Å². The van der Waals surface area contributed by atoms with Crippen LogP contribution in [0.3, 0.4) is 0 Å². The van der Waals surface area contributed by atoms with Gasteiger partial charge in [-0.25, -0.2) is 13.8 Å². The van der Waals surface area contributed by atoms with E-state index in [1.54, 1.807) is 0 Å². The highest BCUT2D eigenvalue weighted by Crippen LogP contribution is 2.20. The molecule has 2 rings (SSSR count). The molecule has 1 unspecified atom stereocenters. The summed E-state index contributed by atoms with van der Waals surface area (Å²) in [4.78, 5) is 4.28. The van der Waals surface area contributed by atoms with Crippen LogP contribution in [0.1, 0.15) is 29.2 Å². The van der Waals surface area contributed by atoms with Gasteiger partial charge in [0.1, 0.15) is 11.6 Å². The van der Waals surface area contributed by atoms with Crippen molar-refractivity contribution < 1.29 is 8.78 Å². The number of hydrogen-bond donors (Lipinski definition) is 1. The predicted octanol–water partition coefficient (Wildman–Crippen LogP) is 3.03. The summed E-state index contributed by atoms with van der Waals surface area (Å²) >= 11 is 1.41.